The summed E-state index contributed by atoms with van der Waals surface area (Å²) in [6, 6.07) is 0. The van der Waals surface area contributed by atoms with Gasteiger partial charge in [-0.3, -0.25) is 0 Å². The van der Waals surface area contributed by atoms with Crippen LogP contribution in [0.3, 0.4) is 0 Å². The van der Waals surface area contributed by atoms with E-state index in [1.807, 2.05) is 0 Å². The van der Waals surface area contributed by atoms with Crippen LogP contribution < -0.4 is 37.7 Å². The second-order valence-electron chi connectivity index (χ2n) is 2.33. The van der Waals surface area contributed by atoms with Crippen molar-refractivity contribution in [3.05, 3.63) is 0 Å². The molecule has 0 fully saturated rings. The van der Waals surface area contributed by atoms with Gasteiger partial charge in [0.05, 0.1) is 0 Å². The molecule has 0 bridgehead atoms. The van der Waals surface area contributed by atoms with E-state index in [4.69, 9.17) is 34.9 Å². The number of hydrogen-bond donors (Lipinski definition) is 5. The largest absolute Gasteiger partial charge is 1.00 e. The standard InChI is InChI=1S/C2H2O4.CH2F2O6S2.BH3O3.2Li/c3-1(4)2(5)6;2-1(3,10(4,5)6)11(7,8)9;2-1(3)4;;/h(H,3,4)(H,5,6);(H,4,5,6)(H,7,8,9);2-4H;;/q;;;2*+1/p-2. The molecular formula is C3H5BF2Li2O13S2. The molecule has 5 N–H and O–H groups in total. The van der Waals surface area contributed by atoms with E-state index in [0.717, 1.165) is 0 Å². The molecule has 0 aromatic heterocycles. The van der Waals surface area contributed by atoms with E-state index in [-0.39, 0.29) is 37.7 Å². The van der Waals surface area contributed by atoms with Gasteiger partial charge in [-0.15, -0.1) is 0 Å². The Bertz CT molecular complexity index is 509. The molecule has 0 aliphatic carbocycles. The molecule has 0 radical (unpaired) electrons. The summed E-state index contributed by atoms with van der Waals surface area (Å²) in [5, 5.41) is 36.3. The van der Waals surface area contributed by atoms with Crippen molar-refractivity contribution in [2.24, 2.45) is 0 Å². The Balaban J connectivity index is -0.0000000771. The first kappa shape index (κ1) is 34.2. The molecule has 13 nitrogen and oxygen atoms in total. The third-order valence-electron chi connectivity index (χ3n) is 0.765. The Morgan fingerprint density at radius 2 is 0.957 bits per heavy atom. The van der Waals surface area contributed by atoms with E-state index in [0.29, 0.717) is 0 Å². The molecular weight excluding hydrogens is 371 g/mol. The van der Waals surface area contributed by atoms with Crippen molar-refractivity contribution in [2.75, 3.05) is 0 Å². The molecule has 0 unspecified atom stereocenters. The second kappa shape index (κ2) is 13.1. The molecule has 126 valence electrons. The van der Waals surface area contributed by atoms with Crippen molar-refractivity contribution < 1.29 is 107 Å². The average molecular weight is 376 g/mol. The minimum Gasteiger partial charge on any atom is -0.743 e. The smallest absolute Gasteiger partial charge is 0.743 e. The van der Waals surface area contributed by atoms with Crippen LogP contribution in [0.5, 0.6) is 0 Å². The summed E-state index contributed by atoms with van der Waals surface area (Å²) < 4.78 is 74.0. The first-order valence-corrected chi connectivity index (χ1v) is 6.48. The number of aliphatic carboxylic acids is 2. The molecule has 0 aromatic rings. The quantitative estimate of drug-likeness (QED) is 0.171. The molecule has 0 saturated heterocycles. The fourth-order valence-corrected chi connectivity index (χ4v) is 1.12. The zero-order chi connectivity index (χ0) is 18.2. The third kappa shape index (κ3) is 17.9. The predicted octanol–water partition coefficient (Wildman–Crippen LogP) is -10.3. The van der Waals surface area contributed by atoms with E-state index in [1.54, 1.807) is 0 Å². The molecule has 0 atom stereocenters. The summed E-state index contributed by atoms with van der Waals surface area (Å²) in [5.74, 6) is -3.65. The molecule has 0 aliphatic heterocycles. The molecule has 0 heterocycles. The van der Waals surface area contributed by atoms with Crippen LogP contribution in [0.2, 0.25) is 0 Å². The number of carboxylic acid groups (broad SMARTS) is 2. The van der Waals surface area contributed by atoms with Crippen LogP contribution in [0, 0.1) is 0 Å². The first-order chi connectivity index (χ1) is 8.87. The second-order valence-corrected chi connectivity index (χ2v) is 5.43. The van der Waals surface area contributed by atoms with Crippen LogP contribution in [0.15, 0.2) is 0 Å². The number of alkyl halides is 2. The van der Waals surface area contributed by atoms with Crippen LogP contribution in [-0.4, -0.2) is 75.1 Å². The molecule has 0 aliphatic rings. The summed E-state index contributed by atoms with van der Waals surface area (Å²) in [6.45, 7) is 0. The zero-order valence-electron chi connectivity index (χ0n) is 11.2. The molecule has 0 rings (SSSR count). The van der Waals surface area contributed by atoms with E-state index in [2.05, 4.69) is 0 Å². The van der Waals surface area contributed by atoms with E-state index >= 15 is 0 Å². The normalized spacial score (nSPS) is 10.2. The van der Waals surface area contributed by atoms with Gasteiger partial charge in [0.1, 0.15) is 0 Å². The Morgan fingerprint density at radius 3 is 0.957 bits per heavy atom. The SMILES string of the molecule is O=C(O)C(=O)O.O=S(=O)([O-])C(F)(F)S(=O)(=O)[O-].OB(O)O.[Li+].[Li+]. The molecule has 23 heavy (non-hydrogen) atoms. The van der Waals surface area contributed by atoms with Crippen LogP contribution >= 0.6 is 0 Å². The number of carbonyl (C=O) groups is 2. The van der Waals surface area contributed by atoms with E-state index < -0.39 is 44.1 Å². The average Bonchev–Trinajstić information content (AvgIpc) is 2.13. The number of halogens is 2. The maximum Gasteiger partial charge on any atom is 1.00 e. The summed E-state index contributed by atoms with van der Waals surface area (Å²) >= 11 is 0. The van der Waals surface area contributed by atoms with Gasteiger partial charge < -0.3 is 34.4 Å². The van der Waals surface area contributed by atoms with Crippen molar-refractivity contribution in [2.45, 2.75) is 4.59 Å². The number of carboxylic acids is 2. The van der Waals surface area contributed by atoms with Gasteiger partial charge >= 0.3 is 61.6 Å². The minimum atomic E-state index is -6.44. The van der Waals surface area contributed by atoms with Gasteiger partial charge in [-0.1, -0.05) is 0 Å². The van der Waals surface area contributed by atoms with Gasteiger partial charge in [-0.05, 0) is 0 Å². The fraction of sp³-hybridized carbons (Fsp3) is 0.333. The maximum atomic E-state index is 11.6. The van der Waals surface area contributed by atoms with Crippen molar-refractivity contribution >= 4 is 39.5 Å². The van der Waals surface area contributed by atoms with Gasteiger partial charge in [-0.2, -0.15) is 8.78 Å². The Kier molecular flexibility index (Phi) is 19.5. The van der Waals surface area contributed by atoms with Crippen LogP contribution in [-0.2, 0) is 29.8 Å². The molecule has 20 heteroatoms. The summed E-state index contributed by atoms with van der Waals surface area (Å²) in [4.78, 5) is 18.2. The van der Waals surface area contributed by atoms with Crippen LogP contribution in [0.25, 0.3) is 0 Å². The van der Waals surface area contributed by atoms with Crippen molar-refractivity contribution in [1.29, 1.82) is 0 Å². The Morgan fingerprint density at radius 1 is 0.826 bits per heavy atom. The molecule has 0 spiro atoms. The van der Waals surface area contributed by atoms with Crippen LogP contribution in [0.4, 0.5) is 8.78 Å². The van der Waals surface area contributed by atoms with Crippen molar-refractivity contribution in [3.8, 4) is 0 Å². The van der Waals surface area contributed by atoms with E-state index in [9.17, 15) is 34.7 Å². The predicted molar refractivity (Wildman–Crippen MR) is 52.0 cm³/mol. The van der Waals surface area contributed by atoms with Gasteiger partial charge in [0.25, 0.3) is 0 Å². The summed E-state index contributed by atoms with van der Waals surface area (Å²) in [7, 11) is -15.1. The van der Waals surface area contributed by atoms with Gasteiger partial charge in [0, 0.05) is 0 Å². The molecule has 0 amide bonds. The van der Waals surface area contributed by atoms with Crippen LogP contribution in [0.1, 0.15) is 0 Å². The summed E-state index contributed by atoms with van der Waals surface area (Å²) in [6.07, 6.45) is 0. The van der Waals surface area contributed by atoms with Gasteiger partial charge in [0.15, 0.2) is 20.2 Å². The third-order valence-corrected chi connectivity index (χ3v) is 3.15. The monoisotopic (exact) mass is 376 g/mol. The first-order valence-electron chi connectivity index (χ1n) is 3.67. The molecule has 0 saturated carbocycles. The number of hydrogen-bond acceptors (Lipinski definition) is 11. The maximum absolute atomic E-state index is 11.6. The topological polar surface area (TPSA) is 250 Å². The number of rotatable bonds is 2. The van der Waals surface area contributed by atoms with E-state index in [1.165, 1.54) is 0 Å². The summed E-state index contributed by atoms with van der Waals surface area (Å²) in [5.41, 5.74) is 0. The van der Waals surface area contributed by atoms with Crippen molar-refractivity contribution in [1.82, 2.24) is 0 Å². The van der Waals surface area contributed by atoms with Gasteiger partial charge in [0.2, 0.25) is 0 Å². The van der Waals surface area contributed by atoms with Gasteiger partial charge in [-0.25, -0.2) is 26.4 Å². The molecule has 0 aromatic carbocycles. The minimum absolute atomic E-state index is 0. The zero-order valence-corrected chi connectivity index (χ0v) is 12.8. The fourth-order valence-electron chi connectivity index (χ4n) is 0.125. The Hall–Kier alpha value is -0.240. The van der Waals surface area contributed by atoms with Crippen molar-refractivity contribution in [3.63, 3.8) is 0 Å². The Labute approximate surface area is 151 Å².